The van der Waals surface area contributed by atoms with E-state index in [4.69, 9.17) is 0 Å². The molecular formula is C17H15F2N5. The van der Waals surface area contributed by atoms with Crippen molar-refractivity contribution in [2.75, 3.05) is 17.2 Å². The minimum atomic E-state index is -0.301. The fraction of sp³-hybridized carbons (Fsp3) is 0.118. The van der Waals surface area contributed by atoms with Crippen molar-refractivity contribution in [1.82, 2.24) is 15.2 Å². The lowest BCUT2D eigenvalue weighted by Gasteiger charge is -2.07. The number of rotatable bonds is 6. The molecule has 3 rings (SSSR count). The summed E-state index contributed by atoms with van der Waals surface area (Å²) in [6.07, 6.45) is 2.19. The molecule has 2 N–H and O–H groups in total. The standard InChI is InChI=1S/C17H15F2N5/c18-13-3-1-12(2-4-13)9-10-20-17-23-16(11-21-24-17)22-15-7-5-14(19)6-8-15/h1-8,11H,9-10H2,(H2,20,22,23,24). The number of anilines is 3. The third-order valence-corrected chi connectivity index (χ3v) is 3.29. The van der Waals surface area contributed by atoms with Crippen molar-refractivity contribution in [1.29, 1.82) is 0 Å². The zero-order valence-corrected chi connectivity index (χ0v) is 12.7. The normalized spacial score (nSPS) is 10.4. The van der Waals surface area contributed by atoms with E-state index in [0.29, 0.717) is 30.4 Å². The first-order valence-corrected chi connectivity index (χ1v) is 7.40. The van der Waals surface area contributed by atoms with Gasteiger partial charge in [0.1, 0.15) is 11.6 Å². The molecule has 0 fully saturated rings. The van der Waals surface area contributed by atoms with Crippen LogP contribution in [0.3, 0.4) is 0 Å². The maximum Gasteiger partial charge on any atom is 0.244 e. The predicted octanol–water partition coefficient (Wildman–Crippen LogP) is 3.55. The van der Waals surface area contributed by atoms with Crippen LogP contribution in [0, 0.1) is 11.6 Å². The molecule has 0 atom stereocenters. The molecule has 0 amide bonds. The van der Waals surface area contributed by atoms with Crippen molar-refractivity contribution in [2.45, 2.75) is 6.42 Å². The summed E-state index contributed by atoms with van der Waals surface area (Å²) in [5, 5.41) is 13.9. The fourth-order valence-electron chi connectivity index (χ4n) is 2.09. The molecule has 0 radical (unpaired) electrons. The highest BCUT2D eigenvalue weighted by molar-refractivity contribution is 5.55. The Labute approximate surface area is 137 Å². The summed E-state index contributed by atoms with van der Waals surface area (Å²) in [7, 11) is 0. The smallest absolute Gasteiger partial charge is 0.244 e. The average Bonchev–Trinajstić information content (AvgIpc) is 2.59. The molecule has 0 unspecified atom stereocenters. The van der Waals surface area contributed by atoms with Crippen LogP contribution < -0.4 is 10.6 Å². The molecular weight excluding hydrogens is 312 g/mol. The van der Waals surface area contributed by atoms with Gasteiger partial charge in [0, 0.05) is 12.2 Å². The minimum absolute atomic E-state index is 0.251. The number of nitrogens with zero attached hydrogens (tertiary/aromatic N) is 3. The van der Waals surface area contributed by atoms with E-state index < -0.39 is 0 Å². The van der Waals surface area contributed by atoms with E-state index in [9.17, 15) is 8.78 Å². The van der Waals surface area contributed by atoms with Gasteiger partial charge in [-0.1, -0.05) is 12.1 Å². The van der Waals surface area contributed by atoms with Gasteiger partial charge < -0.3 is 10.6 Å². The number of hydrogen-bond acceptors (Lipinski definition) is 5. The molecule has 0 aliphatic carbocycles. The van der Waals surface area contributed by atoms with Crippen LogP contribution in [-0.4, -0.2) is 21.7 Å². The molecule has 1 heterocycles. The molecule has 24 heavy (non-hydrogen) atoms. The van der Waals surface area contributed by atoms with Crippen molar-refractivity contribution in [3.05, 3.63) is 71.9 Å². The van der Waals surface area contributed by atoms with E-state index in [1.54, 1.807) is 24.3 Å². The molecule has 0 saturated heterocycles. The zero-order chi connectivity index (χ0) is 16.8. The first-order valence-electron chi connectivity index (χ1n) is 7.40. The molecule has 3 aromatic rings. The summed E-state index contributed by atoms with van der Waals surface area (Å²) >= 11 is 0. The molecule has 5 nitrogen and oxygen atoms in total. The minimum Gasteiger partial charge on any atom is -0.353 e. The van der Waals surface area contributed by atoms with Crippen molar-refractivity contribution in [3.63, 3.8) is 0 Å². The van der Waals surface area contributed by atoms with E-state index in [0.717, 1.165) is 5.56 Å². The van der Waals surface area contributed by atoms with E-state index >= 15 is 0 Å². The Balaban J connectivity index is 1.56. The van der Waals surface area contributed by atoms with Crippen LogP contribution in [0.1, 0.15) is 5.56 Å². The summed E-state index contributed by atoms with van der Waals surface area (Å²) in [6, 6.07) is 12.3. The van der Waals surface area contributed by atoms with E-state index in [1.807, 2.05) is 0 Å². The number of benzene rings is 2. The second kappa shape index (κ2) is 7.45. The summed E-state index contributed by atoms with van der Waals surface area (Å²) in [5.74, 6) is 0.327. The van der Waals surface area contributed by atoms with Crippen LogP contribution in [0.5, 0.6) is 0 Å². The van der Waals surface area contributed by atoms with Gasteiger partial charge in [0.05, 0.1) is 6.20 Å². The Morgan fingerprint density at radius 3 is 2.25 bits per heavy atom. The van der Waals surface area contributed by atoms with Crippen LogP contribution in [0.25, 0.3) is 0 Å². The highest BCUT2D eigenvalue weighted by Crippen LogP contribution is 2.14. The molecule has 0 aliphatic heterocycles. The predicted molar refractivity (Wildman–Crippen MR) is 88.1 cm³/mol. The summed E-state index contributed by atoms with van der Waals surface area (Å²) in [5.41, 5.74) is 1.71. The quantitative estimate of drug-likeness (QED) is 0.725. The van der Waals surface area contributed by atoms with Gasteiger partial charge in [-0.3, -0.25) is 0 Å². The molecule has 122 valence electrons. The Morgan fingerprint density at radius 2 is 1.54 bits per heavy atom. The summed E-state index contributed by atoms with van der Waals surface area (Å²) < 4.78 is 25.7. The zero-order valence-electron chi connectivity index (χ0n) is 12.7. The molecule has 0 bridgehead atoms. The van der Waals surface area contributed by atoms with E-state index in [2.05, 4.69) is 25.8 Å². The van der Waals surface area contributed by atoms with Crippen LogP contribution in [-0.2, 0) is 6.42 Å². The Kier molecular flexibility index (Phi) is 4.90. The summed E-state index contributed by atoms with van der Waals surface area (Å²) in [6.45, 7) is 0.591. The van der Waals surface area contributed by atoms with Crippen LogP contribution >= 0.6 is 0 Å². The van der Waals surface area contributed by atoms with Crippen molar-refractivity contribution in [2.24, 2.45) is 0 Å². The SMILES string of the molecule is Fc1ccc(CCNc2nncc(Nc3ccc(F)cc3)n2)cc1. The van der Waals surface area contributed by atoms with Crippen LogP contribution in [0.4, 0.5) is 26.2 Å². The average molecular weight is 327 g/mol. The van der Waals surface area contributed by atoms with Gasteiger partial charge in [-0.15, -0.1) is 5.10 Å². The van der Waals surface area contributed by atoms with Crippen molar-refractivity contribution >= 4 is 17.5 Å². The lowest BCUT2D eigenvalue weighted by molar-refractivity contribution is 0.627. The largest absolute Gasteiger partial charge is 0.353 e. The molecule has 0 saturated carbocycles. The third-order valence-electron chi connectivity index (χ3n) is 3.29. The number of halogens is 2. The van der Waals surface area contributed by atoms with Gasteiger partial charge in [0.2, 0.25) is 5.95 Å². The Hall–Kier alpha value is -3.09. The molecule has 0 spiro atoms. The lowest BCUT2D eigenvalue weighted by atomic mass is 10.1. The van der Waals surface area contributed by atoms with E-state index in [1.165, 1.54) is 30.5 Å². The fourth-order valence-corrected chi connectivity index (χ4v) is 2.09. The highest BCUT2D eigenvalue weighted by atomic mass is 19.1. The van der Waals surface area contributed by atoms with Crippen LogP contribution in [0.2, 0.25) is 0 Å². The highest BCUT2D eigenvalue weighted by Gasteiger charge is 2.02. The maximum atomic E-state index is 12.9. The first-order chi connectivity index (χ1) is 11.7. The second-order valence-electron chi connectivity index (χ2n) is 5.10. The lowest BCUT2D eigenvalue weighted by Crippen LogP contribution is -2.09. The Morgan fingerprint density at radius 1 is 0.875 bits per heavy atom. The molecule has 2 aromatic carbocycles. The monoisotopic (exact) mass is 327 g/mol. The number of aromatic nitrogens is 3. The Bertz CT molecular complexity index is 791. The van der Waals surface area contributed by atoms with Crippen molar-refractivity contribution < 1.29 is 8.78 Å². The summed E-state index contributed by atoms with van der Waals surface area (Å²) in [4.78, 5) is 4.29. The first kappa shape index (κ1) is 15.8. The molecule has 0 aliphatic rings. The number of hydrogen-bond donors (Lipinski definition) is 2. The van der Waals surface area contributed by atoms with Gasteiger partial charge in [0.25, 0.3) is 0 Å². The number of nitrogens with one attached hydrogen (secondary N) is 2. The third kappa shape index (κ3) is 4.45. The maximum absolute atomic E-state index is 12.9. The van der Waals surface area contributed by atoms with E-state index in [-0.39, 0.29) is 11.6 Å². The van der Waals surface area contributed by atoms with Crippen LogP contribution in [0.15, 0.2) is 54.7 Å². The van der Waals surface area contributed by atoms with Gasteiger partial charge in [-0.05, 0) is 48.4 Å². The van der Waals surface area contributed by atoms with Gasteiger partial charge >= 0.3 is 0 Å². The van der Waals surface area contributed by atoms with Gasteiger partial charge in [-0.25, -0.2) is 8.78 Å². The van der Waals surface area contributed by atoms with Crippen molar-refractivity contribution in [3.8, 4) is 0 Å². The van der Waals surface area contributed by atoms with Gasteiger partial charge in [-0.2, -0.15) is 10.1 Å². The molecule has 1 aromatic heterocycles. The van der Waals surface area contributed by atoms with Gasteiger partial charge in [0.15, 0.2) is 5.82 Å². The topological polar surface area (TPSA) is 62.7 Å². The molecule has 7 heteroatoms. The second-order valence-corrected chi connectivity index (χ2v) is 5.10.